The van der Waals surface area contributed by atoms with Crippen molar-refractivity contribution in [3.63, 3.8) is 0 Å². The molecule has 0 aromatic heterocycles. The van der Waals surface area contributed by atoms with Gasteiger partial charge in [0.15, 0.2) is 0 Å². The third-order valence-corrected chi connectivity index (χ3v) is 3.41. The molecular formula is C20H20O3. The van der Waals surface area contributed by atoms with Crippen LogP contribution in [0.4, 0.5) is 0 Å². The molecule has 0 bridgehead atoms. The van der Waals surface area contributed by atoms with Crippen molar-refractivity contribution in [1.29, 1.82) is 0 Å². The Hall–Kier alpha value is -2.81. The first-order valence-corrected chi connectivity index (χ1v) is 7.24. The molecule has 0 radical (unpaired) electrons. The first-order chi connectivity index (χ1) is 10.9. The number of methoxy groups -OCH3 is 1. The third-order valence-electron chi connectivity index (χ3n) is 3.41. The predicted octanol–water partition coefficient (Wildman–Crippen LogP) is 4.88. The molecule has 3 nitrogen and oxygen atoms in total. The highest BCUT2D eigenvalue weighted by Crippen LogP contribution is 2.31. The lowest BCUT2D eigenvalue weighted by Crippen LogP contribution is -2.07. The summed E-state index contributed by atoms with van der Waals surface area (Å²) in [5, 5.41) is 0. The summed E-state index contributed by atoms with van der Waals surface area (Å²) in [5.41, 5.74) is 4.35. The summed E-state index contributed by atoms with van der Waals surface area (Å²) < 4.78 is 10.5. The largest absolute Gasteiger partial charge is 0.496 e. The van der Waals surface area contributed by atoms with E-state index in [0.29, 0.717) is 11.3 Å². The smallest absolute Gasteiger partial charge is 0.338 e. The minimum absolute atomic E-state index is 0.371. The van der Waals surface area contributed by atoms with Gasteiger partial charge in [-0.05, 0) is 54.8 Å². The second kappa shape index (κ2) is 6.97. The summed E-state index contributed by atoms with van der Waals surface area (Å²) in [6, 6.07) is 13.3. The average molecular weight is 308 g/mol. The molecule has 3 heteroatoms. The molecule has 0 amide bonds. The molecule has 0 N–H and O–H groups in total. The number of carbonyl (C=O) groups is 1. The first-order valence-electron chi connectivity index (χ1n) is 7.24. The van der Waals surface area contributed by atoms with Crippen LogP contribution in [0.3, 0.4) is 0 Å². The summed E-state index contributed by atoms with van der Waals surface area (Å²) in [7, 11) is 1.65. The van der Waals surface area contributed by atoms with Gasteiger partial charge >= 0.3 is 5.97 Å². The van der Waals surface area contributed by atoms with Crippen LogP contribution in [0.2, 0.25) is 0 Å². The minimum atomic E-state index is -0.424. The number of hydrogen-bond donors (Lipinski definition) is 0. The molecule has 0 saturated heterocycles. The van der Waals surface area contributed by atoms with Crippen molar-refractivity contribution >= 4 is 11.5 Å². The van der Waals surface area contributed by atoms with Crippen LogP contribution in [0.15, 0.2) is 61.2 Å². The fourth-order valence-corrected chi connectivity index (χ4v) is 2.13. The molecule has 0 saturated carbocycles. The lowest BCUT2D eigenvalue weighted by atomic mass is 9.99. The number of rotatable bonds is 5. The van der Waals surface area contributed by atoms with Gasteiger partial charge in [-0.1, -0.05) is 31.4 Å². The molecule has 2 aromatic rings. The van der Waals surface area contributed by atoms with Gasteiger partial charge in [-0.15, -0.1) is 0 Å². The highest BCUT2D eigenvalue weighted by Gasteiger charge is 2.08. The molecule has 23 heavy (non-hydrogen) atoms. The number of benzene rings is 2. The summed E-state index contributed by atoms with van der Waals surface area (Å²) in [4.78, 5) is 11.5. The van der Waals surface area contributed by atoms with Gasteiger partial charge in [0.05, 0.1) is 7.11 Å². The standard InChI is InChI=1S/C20H20O3/c1-13(2)18-12-16(8-11-19(18)22-5)15-6-9-17(10-7-15)23-20(21)14(3)4/h6-12H,1,3H2,2,4-5H3. The van der Waals surface area contributed by atoms with Crippen molar-refractivity contribution < 1.29 is 14.3 Å². The molecule has 2 rings (SSSR count). The maximum absolute atomic E-state index is 11.5. The van der Waals surface area contributed by atoms with E-state index in [1.165, 1.54) is 0 Å². The van der Waals surface area contributed by atoms with E-state index in [9.17, 15) is 4.79 Å². The maximum Gasteiger partial charge on any atom is 0.338 e. The second-order valence-corrected chi connectivity index (χ2v) is 5.39. The van der Waals surface area contributed by atoms with E-state index in [-0.39, 0.29) is 0 Å². The lowest BCUT2D eigenvalue weighted by molar-refractivity contribution is -0.130. The van der Waals surface area contributed by atoms with E-state index in [1.54, 1.807) is 26.2 Å². The third kappa shape index (κ3) is 3.89. The molecule has 0 heterocycles. The van der Waals surface area contributed by atoms with E-state index in [4.69, 9.17) is 9.47 Å². The normalized spacial score (nSPS) is 10.0. The molecule has 0 atom stereocenters. The van der Waals surface area contributed by atoms with Crippen molar-refractivity contribution in [2.75, 3.05) is 7.11 Å². The topological polar surface area (TPSA) is 35.5 Å². The number of allylic oxidation sites excluding steroid dienone is 1. The van der Waals surface area contributed by atoms with Crippen molar-refractivity contribution in [1.82, 2.24) is 0 Å². The highest BCUT2D eigenvalue weighted by atomic mass is 16.5. The van der Waals surface area contributed by atoms with Crippen LogP contribution >= 0.6 is 0 Å². The Morgan fingerprint density at radius 3 is 2.09 bits per heavy atom. The molecule has 118 valence electrons. The zero-order chi connectivity index (χ0) is 17.0. The summed E-state index contributed by atoms with van der Waals surface area (Å²) >= 11 is 0. The molecule has 0 fully saturated rings. The van der Waals surface area contributed by atoms with Crippen LogP contribution in [0.1, 0.15) is 19.4 Å². The van der Waals surface area contributed by atoms with Gasteiger partial charge in [-0.25, -0.2) is 4.79 Å². The molecule has 0 aliphatic rings. The monoisotopic (exact) mass is 308 g/mol. The molecule has 0 aliphatic carbocycles. The first kappa shape index (κ1) is 16.6. The van der Waals surface area contributed by atoms with E-state index in [2.05, 4.69) is 13.2 Å². The quantitative estimate of drug-likeness (QED) is 0.449. The molecular weight excluding hydrogens is 288 g/mol. The predicted molar refractivity (Wildman–Crippen MR) is 93.6 cm³/mol. The summed E-state index contributed by atoms with van der Waals surface area (Å²) in [6.07, 6.45) is 0. The van der Waals surface area contributed by atoms with Crippen molar-refractivity contribution in [3.8, 4) is 22.6 Å². The number of hydrogen-bond acceptors (Lipinski definition) is 3. The fraction of sp³-hybridized carbons (Fsp3) is 0.150. The van der Waals surface area contributed by atoms with Gasteiger partial charge in [0.25, 0.3) is 0 Å². The number of esters is 1. The van der Waals surface area contributed by atoms with Crippen LogP contribution < -0.4 is 9.47 Å². The van der Waals surface area contributed by atoms with Crippen molar-refractivity contribution in [3.05, 3.63) is 66.8 Å². The Morgan fingerprint density at radius 1 is 0.957 bits per heavy atom. The Bertz CT molecular complexity index is 755. The lowest BCUT2D eigenvalue weighted by Gasteiger charge is -2.11. The van der Waals surface area contributed by atoms with Gasteiger partial charge in [0, 0.05) is 11.1 Å². The maximum atomic E-state index is 11.5. The zero-order valence-electron chi connectivity index (χ0n) is 13.7. The number of carbonyl (C=O) groups excluding carboxylic acids is 1. The van der Waals surface area contributed by atoms with E-state index < -0.39 is 5.97 Å². The Balaban J connectivity index is 2.29. The van der Waals surface area contributed by atoms with Crippen LogP contribution in [0.5, 0.6) is 11.5 Å². The zero-order valence-corrected chi connectivity index (χ0v) is 13.7. The van der Waals surface area contributed by atoms with Crippen LogP contribution in [-0.4, -0.2) is 13.1 Å². The summed E-state index contributed by atoms with van der Waals surface area (Å²) in [5.74, 6) is 0.871. The van der Waals surface area contributed by atoms with Crippen LogP contribution in [-0.2, 0) is 4.79 Å². The Morgan fingerprint density at radius 2 is 1.57 bits per heavy atom. The van der Waals surface area contributed by atoms with Crippen molar-refractivity contribution in [2.24, 2.45) is 0 Å². The molecule has 0 unspecified atom stereocenters. The summed E-state index contributed by atoms with van der Waals surface area (Å²) in [6.45, 7) is 11.1. The minimum Gasteiger partial charge on any atom is -0.496 e. The average Bonchev–Trinajstić information content (AvgIpc) is 2.54. The van der Waals surface area contributed by atoms with E-state index in [1.807, 2.05) is 37.3 Å². The molecule has 2 aromatic carbocycles. The second-order valence-electron chi connectivity index (χ2n) is 5.39. The fourth-order valence-electron chi connectivity index (χ4n) is 2.13. The molecule has 0 aliphatic heterocycles. The number of ether oxygens (including phenoxy) is 2. The highest BCUT2D eigenvalue weighted by molar-refractivity contribution is 5.88. The van der Waals surface area contributed by atoms with Gasteiger partial charge in [-0.3, -0.25) is 0 Å². The van der Waals surface area contributed by atoms with Gasteiger partial charge < -0.3 is 9.47 Å². The van der Waals surface area contributed by atoms with Gasteiger partial charge in [-0.2, -0.15) is 0 Å². The van der Waals surface area contributed by atoms with Crippen LogP contribution in [0.25, 0.3) is 16.7 Å². The molecule has 0 spiro atoms. The SMILES string of the molecule is C=C(C)C(=O)Oc1ccc(-c2ccc(OC)c(C(=C)C)c2)cc1. The van der Waals surface area contributed by atoms with Crippen LogP contribution in [0, 0.1) is 0 Å². The van der Waals surface area contributed by atoms with Gasteiger partial charge in [0.1, 0.15) is 11.5 Å². The van der Waals surface area contributed by atoms with Crippen molar-refractivity contribution in [2.45, 2.75) is 13.8 Å². The van der Waals surface area contributed by atoms with E-state index >= 15 is 0 Å². The van der Waals surface area contributed by atoms with Gasteiger partial charge in [0.2, 0.25) is 0 Å². The Labute approximate surface area is 136 Å². The van der Waals surface area contributed by atoms with E-state index in [0.717, 1.165) is 28.0 Å². The Kier molecular flexibility index (Phi) is 5.02.